The number of nitrogens with one attached hydrogen (secondary N) is 3. The van der Waals surface area contributed by atoms with Gasteiger partial charge in [-0.2, -0.15) is 0 Å². The van der Waals surface area contributed by atoms with Crippen molar-refractivity contribution in [3.05, 3.63) is 71.2 Å². The lowest BCUT2D eigenvalue weighted by Crippen LogP contribution is -2.38. The molecule has 5 nitrogen and oxygen atoms in total. The minimum atomic E-state index is -0.978. The topological polar surface area (TPSA) is 72.4 Å². The summed E-state index contributed by atoms with van der Waals surface area (Å²) in [5.41, 5.74) is 3.87. The molecule has 0 aliphatic heterocycles. The van der Waals surface area contributed by atoms with Gasteiger partial charge in [-0.05, 0) is 43.5 Å². The number of aryl methyl sites for hydroxylation is 1. The SMILES string of the molecule is CCNC(=NCC(O)c1ccccc1F)NCCc1c[nH]c2cc(C)ccc12. The van der Waals surface area contributed by atoms with Crippen molar-refractivity contribution >= 4 is 16.9 Å². The summed E-state index contributed by atoms with van der Waals surface area (Å²) in [6, 6.07) is 12.6. The third-order valence-electron chi connectivity index (χ3n) is 4.64. The number of aromatic amines is 1. The standard InChI is InChI=1S/C22H27FN4O/c1-3-24-22(27-14-21(28)18-6-4-5-7-19(18)23)25-11-10-16-13-26-20-12-15(2)8-9-17(16)20/h4-9,12-13,21,26,28H,3,10-11,14H2,1-2H3,(H2,24,25,27). The van der Waals surface area contributed by atoms with Crippen molar-refractivity contribution in [2.24, 2.45) is 4.99 Å². The number of aliphatic hydroxyl groups excluding tert-OH is 1. The molecule has 0 bridgehead atoms. The van der Waals surface area contributed by atoms with Crippen molar-refractivity contribution in [2.75, 3.05) is 19.6 Å². The summed E-state index contributed by atoms with van der Waals surface area (Å²) in [6.45, 7) is 5.54. The second-order valence-electron chi connectivity index (χ2n) is 6.80. The first kappa shape index (κ1) is 19.9. The summed E-state index contributed by atoms with van der Waals surface area (Å²) in [4.78, 5) is 7.71. The van der Waals surface area contributed by atoms with Crippen LogP contribution in [-0.2, 0) is 6.42 Å². The number of rotatable bonds is 7. The quantitative estimate of drug-likeness (QED) is 0.374. The molecule has 1 heterocycles. The van der Waals surface area contributed by atoms with E-state index in [4.69, 9.17) is 0 Å². The van der Waals surface area contributed by atoms with E-state index in [2.05, 4.69) is 45.7 Å². The van der Waals surface area contributed by atoms with Gasteiger partial charge in [-0.15, -0.1) is 0 Å². The minimum Gasteiger partial charge on any atom is -0.386 e. The molecule has 6 heteroatoms. The highest BCUT2D eigenvalue weighted by Gasteiger charge is 2.12. The lowest BCUT2D eigenvalue weighted by atomic mass is 10.1. The van der Waals surface area contributed by atoms with Crippen molar-refractivity contribution in [2.45, 2.75) is 26.4 Å². The molecular weight excluding hydrogens is 355 g/mol. The number of aliphatic hydroxyl groups is 1. The van der Waals surface area contributed by atoms with Gasteiger partial charge >= 0.3 is 0 Å². The fourth-order valence-corrected chi connectivity index (χ4v) is 3.19. The summed E-state index contributed by atoms with van der Waals surface area (Å²) >= 11 is 0. The molecule has 1 aromatic heterocycles. The van der Waals surface area contributed by atoms with Crippen LogP contribution in [0.3, 0.4) is 0 Å². The first-order chi connectivity index (χ1) is 13.6. The first-order valence-electron chi connectivity index (χ1n) is 9.59. The highest BCUT2D eigenvalue weighted by molar-refractivity contribution is 5.84. The molecule has 4 N–H and O–H groups in total. The predicted octanol–water partition coefficient (Wildman–Crippen LogP) is 3.45. The van der Waals surface area contributed by atoms with E-state index in [9.17, 15) is 9.50 Å². The molecule has 0 saturated heterocycles. The monoisotopic (exact) mass is 382 g/mol. The number of hydrogen-bond donors (Lipinski definition) is 4. The lowest BCUT2D eigenvalue weighted by molar-refractivity contribution is 0.182. The van der Waals surface area contributed by atoms with Crippen LogP contribution in [0.2, 0.25) is 0 Å². The van der Waals surface area contributed by atoms with Crippen molar-refractivity contribution in [3.63, 3.8) is 0 Å². The Balaban J connectivity index is 1.59. The molecule has 3 aromatic rings. The predicted molar refractivity (Wildman–Crippen MR) is 112 cm³/mol. The maximum Gasteiger partial charge on any atom is 0.191 e. The van der Waals surface area contributed by atoms with Crippen LogP contribution < -0.4 is 10.6 Å². The molecule has 1 atom stereocenters. The number of H-pyrrole nitrogens is 1. The van der Waals surface area contributed by atoms with Crippen molar-refractivity contribution < 1.29 is 9.50 Å². The van der Waals surface area contributed by atoms with Crippen LogP contribution in [0, 0.1) is 12.7 Å². The molecule has 0 spiro atoms. The normalized spacial score (nSPS) is 12.9. The van der Waals surface area contributed by atoms with E-state index in [1.54, 1.807) is 18.2 Å². The number of halogens is 1. The van der Waals surface area contributed by atoms with E-state index in [1.807, 2.05) is 13.1 Å². The van der Waals surface area contributed by atoms with Gasteiger partial charge in [-0.1, -0.05) is 30.3 Å². The minimum absolute atomic E-state index is 0.0859. The molecule has 0 aliphatic carbocycles. The fourth-order valence-electron chi connectivity index (χ4n) is 3.19. The van der Waals surface area contributed by atoms with Crippen LogP contribution in [0.1, 0.15) is 29.7 Å². The van der Waals surface area contributed by atoms with Gasteiger partial charge in [0, 0.05) is 35.8 Å². The number of nitrogens with zero attached hydrogens (tertiary/aromatic N) is 1. The van der Waals surface area contributed by atoms with Gasteiger partial charge in [0.2, 0.25) is 0 Å². The number of fused-ring (bicyclic) bond motifs is 1. The molecule has 3 rings (SSSR count). The summed E-state index contributed by atoms with van der Waals surface area (Å²) < 4.78 is 13.8. The van der Waals surface area contributed by atoms with Gasteiger partial charge in [0.15, 0.2) is 5.96 Å². The number of benzene rings is 2. The third kappa shape index (κ3) is 4.89. The van der Waals surface area contributed by atoms with Crippen LogP contribution in [0.25, 0.3) is 10.9 Å². The van der Waals surface area contributed by atoms with Gasteiger partial charge in [-0.3, -0.25) is 4.99 Å². The zero-order valence-corrected chi connectivity index (χ0v) is 16.3. The number of guanidine groups is 1. The summed E-state index contributed by atoms with van der Waals surface area (Å²) in [6.07, 6.45) is 1.90. The van der Waals surface area contributed by atoms with Gasteiger partial charge in [0.25, 0.3) is 0 Å². The number of aromatic nitrogens is 1. The second-order valence-corrected chi connectivity index (χ2v) is 6.80. The fraction of sp³-hybridized carbons (Fsp3) is 0.318. The zero-order valence-electron chi connectivity index (χ0n) is 16.3. The molecule has 28 heavy (non-hydrogen) atoms. The van der Waals surface area contributed by atoms with Crippen LogP contribution in [0.4, 0.5) is 4.39 Å². The van der Waals surface area contributed by atoms with E-state index in [0.717, 1.165) is 11.9 Å². The average Bonchev–Trinajstić information content (AvgIpc) is 3.08. The van der Waals surface area contributed by atoms with Gasteiger partial charge in [-0.25, -0.2) is 4.39 Å². The summed E-state index contributed by atoms with van der Waals surface area (Å²) in [7, 11) is 0. The average molecular weight is 382 g/mol. The Labute approximate surface area is 164 Å². The van der Waals surface area contributed by atoms with Gasteiger partial charge in [0.1, 0.15) is 11.9 Å². The Bertz CT molecular complexity index is 951. The molecule has 0 amide bonds. The van der Waals surface area contributed by atoms with Crippen LogP contribution >= 0.6 is 0 Å². The first-order valence-corrected chi connectivity index (χ1v) is 9.59. The van der Waals surface area contributed by atoms with Gasteiger partial charge < -0.3 is 20.7 Å². The Morgan fingerprint density at radius 3 is 2.82 bits per heavy atom. The Kier molecular flexibility index (Phi) is 6.66. The highest BCUT2D eigenvalue weighted by Crippen LogP contribution is 2.20. The number of aliphatic imine (C=N–C) groups is 1. The summed E-state index contributed by atoms with van der Waals surface area (Å²) in [5.74, 6) is 0.186. The molecule has 0 fully saturated rings. The van der Waals surface area contributed by atoms with E-state index in [-0.39, 0.29) is 12.1 Å². The van der Waals surface area contributed by atoms with Crippen LogP contribution in [0.5, 0.6) is 0 Å². The Hall–Kier alpha value is -2.86. The van der Waals surface area contributed by atoms with Crippen LogP contribution in [-0.4, -0.2) is 35.7 Å². The van der Waals surface area contributed by atoms with E-state index >= 15 is 0 Å². The number of hydrogen-bond acceptors (Lipinski definition) is 2. The van der Waals surface area contributed by atoms with Crippen molar-refractivity contribution in [1.29, 1.82) is 0 Å². The van der Waals surface area contributed by atoms with Gasteiger partial charge in [0.05, 0.1) is 6.54 Å². The maximum absolute atomic E-state index is 13.8. The smallest absolute Gasteiger partial charge is 0.191 e. The molecule has 0 aliphatic rings. The van der Waals surface area contributed by atoms with E-state index in [0.29, 0.717) is 19.0 Å². The summed E-state index contributed by atoms with van der Waals surface area (Å²) in [5, 5.41) is 17.9. The van der Waals surface area contributed by atoms with Crippen LogP contribution in [0.15, 0.2) is 53.7 Å². The Morgan fingerprint density at radius 1 is 1.21 bits per heavy atom. The molecule has 0 radical (unpaired) electrons. The molecule has 2 aromatic carbocycles. The molecule has 0 saturated carbocycles. The van der Waals surface area contributed by atoms with Crippen molar-refractivity contribution in [1.82, 2.24) is 15.6 Å². The molecule has 148 valence electrons. The Morgan fingerprint density at radius 2 is 2.04 bits per heavy atom. The maximum atomic E-state index is 13.8. The largest absolute Gasteiger partial charge is 0.386 e. The molecule has 1 unspecified atom stereocenters. The lowest BCUT2D eigenvalue weighted by Gasteiger charge is -2.13. The second kappa shape index (κ2) is 9.37. The zero-order chi connectivity index (χ0) is 19.9. The van der Waals surface area contributed by atoms with Crippen molar-refractivity contribution in [3.8, 4) is 0 Å². The third-order valence-corrected chi connectivity index (χ3v) is 4.64. The van der Waals surface area contributed by atoms with E-state index in [1.165, 1.54) is 22.6 Å². The van der Waals surface area contributed by atoms with E-state index < -0.39 is 11.9 Å². The molecular formula is C22H27FN4O. The highest BCUT2D eigenvalue weighted by atomic mass is 19.1.